The Morgan fingerprint density at radius 1 is 1.00 bits per heavy atom. The van der Waals surface area contributed by atoms with Crippen LogP contribution in [0.5, 0.6) is 0 Å². The molecule has 0 fully saturated rings. The van der Waals surface area contributed by atoms with Crippen molar-refractivity contribution in [3.8, 4) is 16.9 Å². The molecule has 6 nitrogen and oxygen atoms in total. The molecule has 6 heteroatoms. The minimum Gasteiger partial charge on any atom is -0.258 e. The molecule has 1 aromatic heterocycles. The number of hydrogen-bond acceptors (Lipinski definition) is 4. The van der Waals surface area contributed by atoms with Gasteiger partial charge in [-0.25, -0.2) is 0 Å². The van der Waals surface area contributed by atoms with Crippen molar-refractivity contribution in [1.82, 2.24) is 15.0 Å². The number of nitro groups is 1. The summed E-state index contributed by atoms with van der Waals surface area (Å²) in [7, 11) is 0. The Morgan fingerprint density at radius 2 is 1.67 bits per heavy atom. The Bertz CT molecular complexity index is 779. The van der Waals surface area contributed by atoms with Crippen molar-refractivity contribution in [3.63, 3.8) is 0 Å². The quantitative estimate of drug-likeness (QED) is 0.545. The molecule has 0 aliphatic carbocycles. The molecule has 0 saturated heterocycles. The van der Waals surface area contributed by atoms with E-state index >= 15 is 0 Å². The molecule has 0 spiro atoms. The number of hydrogen-bond donors (Lipinski definition) is 0. The first-order chi connectivity index (χ1) is 10.1. The average Bonchev–Trinajstić information content (AvgIpc) is 2.90. The smallest absolute Gasteiger partial charge is 0.258 e. The molecule has 104 valence electrons. The lowest BCUT2D eigenvalue weighted by Crippen LogP contribution is -1.99. The summed E-state index contributed by atoms with van der Waals surface area (Å²) in [6, 6.07) is 15.9. The standard InChI is InChI=1S/C15H12N4O2/c1-11-15(12-5-3-2-4-6-12)17-18(16-11)13-7-9-14(10-8-13)19(20)21/h2-10H,1H3. The van der Waals surface area contributed by atoms with Crippen molar-refractivity contribution in [1.29, 1.82) is 0 Å². The molecule has 0 N–H and O–H groups in total. The van der Waals surface area contributed by atoms with Gasteiger partial charge in [-0.3, -0.25) is 10.1 Å². The topological polar surface area (TPSA) is 73.8 Å². The molecule has 0 aliphatic rings. The van der Waals surface area contributed by atoms with E-state index in [1.165, 1.54) is 16.9 Å². The highest BCUT2D eigenvalue weighted by Gasteiger charge is 2.11. The van der Waals surface area contributed by atoms with Gasteiger partial charge in [0.25, 0.3) is 5.69 Å². The van der Waals surface area contributed by atoms with E-state index in [9.17, 15) is 10.1 Å². The lowest BCUT2D eigenvalue weighted by Gasteiger charge is -1.98. The molecule has 21 heavy (non-hydrogen) atoms. The lowest BCUT2D eigenvalue weighted by molar-refractivity contribution is -0.384. The fourth-order valence-electron chi connectivity index (χ4n) is 2.06. The molecule has 2 aromatic carbocycles. The van der Waals surface area contributed by atoms with Crippen molar-refractivity contribution in [2.24, 2.45) is 0 Å². The molecule has 0 atom stereocenters. The van der Waals surface area contributed by atoms with Crippen LogP contribution >= 0.6 is 0 Å². The van der Waals surface area contributed by atoms with Crippen molar-refractivity contribution < 1.29 is 4.92 Å². The summed E-state index contributed by atoms with van der Waals surface area (Å²) in [6.45, 7) is 1.89. The van der Waals surface area contributed by atoms with E-state index in [2.05, 4.69) is 10.2 Å². The maximum absolute atomic E-state index is 10.7. The number of benzene rings is 2. The molecular weight excluding hydrogens is 268 g/mol. The van der Waals surface area contributed by atoms with Crippen LogP contribution in [0.1, 0.15) is 5.69 Å². The van der Waals surface area contributed by atoms with Crippen molar-refractivity contribution in [2.75, 3.05) is 0 Å². The van der Waals surface area contributed by atoms with Gasteiger partial charge >= 0.3 is 0 Å². The molecular formula is C15H12N4O2. The minimum atomic E-state index is -0.430. The minimum absolute atomic E-state index is 0.0471. The summed E-state index contributed by atoms with van der Waals surface area (Å²) in [5.74, 6) is 0. The first-order valence-corrected chi connectivity index (χ1v) is 6.39. The Kier molecular flexibility index (Phi) is 3.19. The lowest BCUT2D eigenvalue weighted by atomic mass is 10.1. The van der Waals surface area contributed by atoms with Crippen molar-refractivity contribution >= 4 is 5.69 Å². The zero-order valence-electron chi connectivity index (χ0n) is 11.3. The third-order valence-electron chi connectivity index (χ3n) is 3.12. The molecule has 0 aliphatic heterocycles. The maximum Gasteiger partial charge on any atom is 0.269 e. The number of nitrogens with zero attached hydrogens (tertiary/aromatic N) is 4. The second-order valence-corrected chi connectivity index (χ2v) is 4.56. The number of rotatable bonds is 3. The molecule has 0 radical (unpaired) electrons. The number of nitro benzene ring substituents is 1. The van der Waals surface area contributed by atoms with Crippen LogP contribution in [0.3, 0.4) is 0 Å². The van der Waals surface area contributed by atoms with Crippen LogP contribution in [0.15, 0.2) is 54.6 Å². The molecule has 0 saturated carbocycles. The monoisotopic (exact) mass is 280 g/mol. The van der Waals surface area contributed by atoms with Gasteiger partial charge in [0.1, 0.15) is 5.69 Å². The summed E-state index contributed by atoms with van der Waals surface area (Å²) >= 11 is 0. The molecule has 3 aromatic rings. The summed E-state index contributed by atoms with van der Waals surface area (Å²) < 4.78 is 0. The molecule has 0 amide bonds. The highest BCUT2D eigenvalue weighted by molar-refractivity contribution is 5.61. The first-order valence-electron chi connectivity index (χ1n) is 6.39. The largest absolute Gasteiger partial charge is 0.269 e. The van der Waals surface area contributed by atoms with Crippen molar-refractivity contribution in [3.05, 3.63) is 70.4 Å². The number of aromatic nitrogens is 3. The van der Waals surface area contributed by atoms with Gasteiger partial charge in [0.15, 0.2) is 0 Å². The predicted octanol–water partition coefficient (Wildman–Crippen LogP) is 3.15. The highest BCUT2D eigenvalue weighted by atomic mass is 16.6. The fraction of sp³-hybridized carbons (Fsp3) is 0.0667. The third kappa shape index (κ3) is 2.51. The first kappa shape index (κ1) is 13.0. The highest BCUT2D eigenvalue weighted by Crippen LogP contribution is 2.21. The van der Waals surface area contributed by atoms with E-state index in [0.717, 1.165) is 17.0 Å². The predicted molar refractivity (Wildman–Crippen MR) is 78.2 cm³/mol. The van der Waals surface area contributed by atoms with Gasteiger partial charge in [-0.2, -0.15) is 9.90 Å². The van der Waals surface area contributed by atoms with Gasteiger partial charge in [0, 0.05) is 17.7 Å². The van der Waals surface area contributed by atoms with Gasteiger partial charge < -0.3 is 0 Å². The summed E-state index contributed by atoms with van der Waals surface area (Å²) in [5.41, 5.74) is 3.33. The number of aryl methyl sites for hydroxylation is 1. The van der Waals surface area contributed by atoms with Crippen molar-refractivity contribution in [2.45, 2.75) is 6.92 Å². The molecule has 0 bridgehead atoms. The fourth-order valence-corrected chi connectivity index (χ4v) is 2.06. The second-order valence-electron chi connectivity index (χ2n) is 4.56. The third-order valence-corrected chi connectivity index (χ3v) is 3.12. The van der Waals surface area contributed by atoms with Gasteiger partial charge in [-0.05, 0) is 19.1 Å². The van der Waals surface area contributed by atoms with Crippen LogP contribution in [0.25, 0.3) is 16.9 Å². The molecule has 3 rings (SSSR count). The zero-order valence-corrected chi connectivity index (χ0v) is 11.3. The second kappa shape index (κ2) is 5.16. The zero-order chi connectivity index (χ0) is 14.8. The van der Waals surface area contributed by atoms with Gasteiger partial charge in [-0.1, -0.05) is 30.3 Å². The van der Waals surface area contributed by atoms with Crippen LogP contribution in [0.2, 0.25) is 0 Å². The van der Waals surface area contributed by atoms with E-state index < -0.39 is 4.92 Å². The maximum atomic E-state index is 10.7. The van der Waals surface area contributed by atoms with E-state index in [4.69, 9.17) is 0 Å². The summed E-state index contributed by atoms with van der Waals surface area (Å²) in [5, 5.41) is 19.5. The van der Waals surface area contributed by atoms with E-state index in [1.807, 2.05) is 37.3 Å². The SMILES string of the molecule is Cc1nn(-c2ccc([N+](=O)[O-])cc2)nc1-c1ccccc1. The van der Waals surface area contributed by atoms with Crippen LogP contribution < -0.4 is 0 Å². The van der Waals surface area contributed by atoms with Gasteiger partial charge in [-0.15, -0.1) is 5.10 Å². The normalized spacial score (nSPS) is 10.5. The Hall–Kier alpha value is -3.02. The Labute approximate surface area is 120 Å². The van der Waals surface area contributed by atoms with Crippen LogP contribution in [0.4, 0.5) is 5.69 Å². The van der Waals surface area contributed by atoms with Crippen LogP contribution in [-0.4, -0.2) is 19.9 Å². The van der Waals surface area contributed by atoms with Gasteiger partial charge in [0.05, 0.1) is 16.3 Å². The summed E-state index contributed by atoms with van der Waals surface area (Å²) in [6.07, 6.45) is 0. The van der Waals surface area contributed by atoms with E-state index in [1.54, 1.807) is 12.1 Å². The number of non-ortho nitro benzene ring substituents is 1. The average molecular weight is 280 g/mol. The van der Waals surface area contributed by atoms with Crippen LogP contribution in [-0.2, 0) is 0 Å². The molecule has 0 unspecified atom stereocenters. The Balaban J connectivity index is 1.99. The van der Waals surface area contributed by atoms with E-state index in [0.29, 0.717) is 5.69 Å². The Morgan fingerprint density at radius 3 is 2.29 bits per heavy atom. The summed E-state index contributed by atoms with van der Waals surface area (Å²) in [4.78, 5) is 11.7. The van der Waals surface area contributed by atoms with Gasteiger partial charge in [0.2, 0.25) is 0 Å². The van der Waals surface area contributed by atoms with Crippen LogP contribution in [0, 0.1) is 17.0 Å². The van der Waals surface area contributed by atoms with E-state index in [-0.39, 0.29) is 5.69 Å². The molecule has 1 heterocycles.